The number of hydrogen-bond donors (Lipinski definition) is 2. The van der Waals surface area contributed by atoms with Gasteiger partial charge in [0.1, 0.15) is 6.04 Å². The van der Waals surface area contributed by atoms with Crippen LogP contribution in [0.3, 0.4) is 0 Å². The molecule has 1 saturated heterocycles. The first-order valence-corrected chi connectivity index (χ1v) is 4.93. The third-order valence-corrected chi connectivity index (χ3v) is 2.42. The van der Waals surface area contributed by atoms with E-state index in [1.165, 1.54) is 0 Å². The highest BCUT2D eigenvalue weighted by molar-refractivity contribution is 8.14. The smallest absolute Gasteiger partial charge is 0.279 e. The fourth-order valence-electron chi connectivity index (χ4n) is 0.897. The monoisotopic (exact) mass is 188 g/mol. The second kappa shape index (κ2) is 4.35. The van der Waals surface area contributed by atoms with Crippen molar-refractivity contribution in [2.45, 2.75) is 19.4 Å². The van der Waals surface area contributed by atoms with E-state index in [-0.39, 0.29) is 17.2 Å². The van der Waals surface area contributed by atoms with Gasteiger partial charge in [0.05, 0.1) is 0 Å². The highest BCUT2D eigenvalue weighted by Gasteiger charge is 2.27. The lowest BCUT2D eigenvalue weighted by molar-refractivity contribution is -0.122. The van der Waals surface area contributed by atoms with Gasteiger partial charge in [0.2, 0.25) is 5.91 Å². The van der Waals surface area contributed by atoms with Crippen molar-refractivity contribution in [2.75, 3.05) is 12.3 Å². The number of carbonyl (C=O) groups excluding carboxylic acids is 2. The molecule has 0 bridgehead atoms. The standard InChI is InChI=1S/C7H12N2O2S/c1-2-3-8-6(10)5-4-12-7(11)9-5/h5H,2-4H2,1H3,(H,8,10)(H,9,11)/t5-/m1/s1. The van der Waals surface area contributed by atoms with Crippen molar-refractivity contribution in [1.82, 2.24) is 10.6 Å². The molecule has 5 heteroatoms. The maximum absolute atomic E-state index is 11.2. The lowest BCUT2D eigenvalue weighted by atomic mass is 10.3. The first kappa shape index (κ1) is 9.38. The van der Waals surface area contributed by atoms with Gasteiger partial charge in [0.25, 0.3) is 5.24 Å². The van der Waals surface area contributed by atoms with E-state index in [1.54, 1.807) is 0 Å². The fourth-order valence-corrected chi connectivity index (χ4v) is 1.68. The minimum Gasteiger partial charge on any atom is -0.354 e. The molecule has 68 valence electrons. The van der Waals surface area contributed by atoms with Gasteiger partial charge in [0.15, 0.2) is 0 Å². The first-order valence-electron chi connectivity index (χ1n) is 3.95. The van der Waals surface area contributed by atoms with Crippen LogP contribution in [-0.4, -0.2) is 29.5 Å². The number of thioether (sulfide) groups is 1. The zero-order chi connectivity index (χ0) is 8.97. The average Bonchev–Trinajstić information content (AvgIpc) is 2.47. The van der Waals surface area contributed by atoms with Gasteiger partial charge in [0, 0.05) is 12.3 Å². The quantitative estimate of drug-likeness (QED) is 0.671. The van der Waals surface area contributed by atoms with Crippen LogP contribution in [0.25, 0.3) is 0 Å². The summed E-state index contributed by atoms with van der Waals surface area (Å²) in [7, 11) is 0. The molecule has 0 aromatic rings. The number of amides is 2. The van der Waals surface area contributed by atoms with E-state index in [4.69, 9.17) is 0 Å². The van der Waals surface area contributed by atoms with Crippen molar-refractivity contribution in [3.8, 4) is 0 Å². The molecule has 1 rings (SSSR count). The van der Waals surface area contributed by atoms with Gasteiger partial charge in [-0.15, -0.1) is 0 Å². The Kier molecular flexibility index (Phi) is 3.40. The van der Waals surface area contributed by atoms with Gasteiger partial charge in [-0.05, 0) is 6.42 Å². The van der Waals surface area contributed by atoms with E-state index in [1.807, 2.05) is 6.92 Å². The molecule has 12 heavy (non-hydrogen) atoms. The summed E-state index contributed by atoms with van der Waals surface area (Å²) in [5, 5.41) is 5.20. The van der Waals surface area contributed by atoms with E-state index < -0.39 is 0 Å². The summed E-state index contributed by atoms with van der Waals surface area (Å²) in [6, 6.07) is -0.325. The molecular formula is C7H12N2O2S. The fraction of sp³-hybridized carbons (Fsp3) is 0.714. The first-order chi connectivity index (χ1) is 5.74. The normalized spacial score (nSPS) is 22.1. The molecule has 0 aromatic carbocycles. The van der Waals surface area contributed by atoms with Crippen LogP contribution < -0.4 is 10.6 Å². The van der Waals surface area contributed by atoms with E-state index in [9.17, 15) is 9.59 Å². The van der Waals surface area contributed by atoms with E-state index >= 15 is 0 Å². The zero-order valence-corrected chi connectivity index (χ0v) is 7.74. The predicted molar refractivity (Wildman–Crippen MR) is 48.1 cm³/mol. The van der Waals surface area contributed by atoms with Gasteiger partial charge in [-0.3, -0.25) is 9.59 Å². The number of nitrogens with one attached hydrogen (secondary N) is 2. The van der Waals surface area contributed by atoms with E-state index in [2.05, 4.69) is 10.6 Å². The lowest BCUT2D eigenvalue weighted by Crippen LogP contribution is -2.43. The molecule has 1 fully saturated rings. The molecule has 0 aromatic heterocycles. The summed E-state index contributed by atoms with van der Waals surface area (Å²) in [6.07, 6.45) is 0.916. The molecular weight excluding hydrogens is 176 g/mol. The summed E-state index contributed by atoms with van der Waals surface area (Å²) < 4.78 is 0. The maximum atomic E-state index is 11.2. The summed E-state index contributed by atoms with van der Waals surface area (Å²) in [6.45, 7) is 2.66. The second-order valence-corrected chi connectivity index (χ2v) is 3.58. The average molecular weight is 188 g/mol. The highest BCUT2D eigenvalue weighted by atomic mass is 32.2. The lowest BCUT2D eigenvalue weighted by Gasteiger charge is -2.08. The Hall–Kier alpha value is -0.710. The molecule has 0 radical (unpaired) electrons. The largest absolute Gasteiger partial charge is 0.354 e. The van der Waals surface area contributed by atoms with Crippen molar-refractivity contribution < 1.29 is 9.59 Å². The molecule has 0 aliphatic carbocycles. The molecule has 2 amide bonds. The van der Waals surface area contributed by atoms with Gasteiger partial charge < -0.3 is 10.6 Å². The van der Waals surface area contributed by atoms with Crippen LogP contribution in [0.5, 0.6) is 0 Å². The Bertz CT molecular complexity index is 196. The molecule has 1 aliphatic rings. The molecule has 2 N–H and O–H groups in total. The predicted octanol–water partition coefficient (Wildman–Crippen LogP) is 0.338. The van der Waals surface area contributed by atoms with Crippen LogP contribution in [0.4, 0.5) is 4.79 Å². The van der Waals surface area contributed by atoms with Gasteiger partial charge in [-0.2, -0.15) is 0 Å². The summed E-state index contributed by atoms with van der Waals surface area (Å²) >= 11 is 1.16. The summed E-state index contributed by atoms with van der Waals surface area (Å²) in [5.41, 5.74) is 0. The minimum atomic E-state index is -0.325. The minimum absolute atomic E-state index is 0.0739. The molecule has 0 spiro atoms. The molecule has 1 atom stereocenters. The van der Waals surface area contributed by atoms with Crippen LogP contribution in [0.15, 0.2) is 0 Å². The van der Waals surface area contributed by atoms with Crippen molar-refractivity contribution in [3.05, 3.63) is 0 Å². The van der Waals surface area contributed by atoms with Crippen LogP contribution in [0, 0.1) is 0 Å². The Morgan fingerprint density at radius 2 is 2.58 bits per heavy atom. The Balaban J connectivity index is 2.28. The summed E-state index contributed by atoms with van der Waals surface area (Å²) in [4.78, 5) is 21.9. The maximum Gasteiger partial charge on any atom is 0.279 e. The molecule has 0 unspecified atom stereocenters. The van der Waals surface area contributed by atoms with E-state index in [0.29, 0.717) is 12.3 Å². The van der Waals surface area contributed by atoms with Crippen molar-refractivity contribution in [1.29, 1.82) is 0 Å². The van der Waals surface area contributed by atoms with Crippen molar-refractivity contribution >= 4 is 22.9 Å². The number of carbonyl (C=O) groups is 2. The molecule has 1 aliphatic heterocycles. The van der Waals surface area contributed by atoms with Crippen molar-refractivity contribution in [3.63, 3.8) is 0 Å². The highest BCUT2D eigenvalue weighted by Crippen LogP contribution is 2.12. The number of rotatable bonds is 3. The van der Waals surface area contributed by atoms with Crippen molar-refractivity contribution in [2.24, 2.45) is 0 Å². The Morgan fingerprint density at radius 1 is 1.83 bits per heavy atom. The molecule has 0 saturated carbocycles. The van der Waals surface area contributed by atoms with Crippen LogP contribution in [0.1, 0.15) is 13.3 Å². The zero-order valence-electron chi connectivity index (χ0n) is 6.92. The SMILES string of the molecule is CCCNC(=O)[C@H]1CSC(=O)N1. The Labute approximate surface area is 75.5 Å². The summed E-state index contributed by atoms with van der Waals surface area (Å²) in [5.74, 6) is 0.476. The van der Waals surface area contributed by atoms with Crippen LogP contribution in [-0.2, 0) is 4.79 Å². The van der Waals surface area contributed by atoms with Gasteiger partial charge in [-0.25, -0.2) is 0 Å². The van der Waals surface area contributed by atoms with Gasteiger partial charge >= 0.3 is 0 Å². The van der Waals surface area contributed by atoms with Gasteiger partial charge in [-0.1, -0.05) is 18.7 Å². The van der Waals surface area contributed by atoms with Crippen LogP contribution >= 0.6 is 11.8 Å². The third-order valence-electron chi connectivity index (χ3n) is 1.54. The Morgan fingerprint density at radius 3 is 3.08 bits per heavy atom. The van der Waals surface area contributed by atoms with E-state index in [0.717, 1.165) is 18.2 Å². The second-order valence-electron chi connectivity index (χ2n) is 2.59. The third kappa shape index (κ3) is 2.41. The van der Waals surface area contributed by atoms with Crippen LogP contribution in [0.2, 0.25) is 0 Å². The number of hydrogen-bond acceptors (Lipinski definition) is 3. The molecule has 4 nitrogen and oxygen atoms in total. The molecule has 1 heterocycles. The topological polar surface area (TPSA) is 58.2 Å².